The molecule has 6 heteroatoms. The number of benzene rings is 2. The summed E-state index contributed by atoms with van der Waals surface area (Å²) < 4.78 is 0. The number of guanidine groups is 1. The fraction of sp³-hybridized carbons (Fsp3) is 0.118. The van der Waals surface area contributed by atoms with Gasteiger partial charge in [-0.3, -0.25) is 5.01 Å². The van der Waals surface area contributed by atoms with E-state index in [9.17, 15) is 0 Å². The van der Waals surface area contributed by atoms with Gasteiger partial charge in [0.25, 0.3) is 0 Å². The van der Waals surface area contributed by atoms with Gasteiger partial charge in [0.05, 0.1) is 17.6 Å². The molecule has 0 radical (unpaired) electrons. The second kappa shape index (κ2) is 6.74. The van der Waals surface area contributed by atoms with Crippen LogP contribution in [0.3, 0.4) is 0 Å². The van der Waals surface area contributed by atoms with Crippen molar-refractivity contribution >= 4 is 23.6 Å². The van der Waals surface area contributed by atoms with Gasteiger partial charge >= 0.3 is 0 Å². The highest BCUT2D eigenvalue weighted by Gasteiger charge is 2.16. The smallest absolute Gasteiger partial charge is 0.211 e. The van der Waals surface area contributed by atoms with Crippen molar-refractivity contribution in [3.05, 3.63) is 65.7 Å². The van der Waals surface area contributed by atoms with Gasteiger partial charge in [-0.15, -0.1) is 5.10 Å². The van der Waals surface area contributed by atoms with E-state index < -0.39 is 0 Å². The third-order valence-electron chi connectivity index (χ3n) is 3.48. The number of nitrogens with two attached hydrogens (primary N) is 2. The van der Waals surface area contributed by atoms with E-state index in [4.69, 9.17) is 16.6 Å². The molecule has 0 amide bonds. The highest BCUT2D eigenvalue weighted by atomic mass is 15.5. The van der Waals surface area contributed by atoms with E-state index in [1.165, 1.54) is 5.56 Å². The molecule has 3 rings (SSSR count). The summed E-state index contributed by atoms with van der Waals surface area (Å²) in [6.45, 7) is 0.881. The molecule has 1 heterocycles. The summed E-state index contributed by atoms with van der Waals surface area (Å²) in [5.74, 6) is -0.0577. The first-order valence-corrected chi connectivity index (χ1v) is 7.35. The highest BCUT2D eigenvalue weighted by molar-refractivity contribution is 6.02. The molecule has 4 N–H and O–H groups in total. The summed E-state index contributed by atoms with van der Waals surface area (Å²) in [6.07, 6.45) is 2.55. The normalized spacial score (nSPS) is 14.1. The van der Waals surface area contributed by atoms with Crippen LogP contribution in [-0.4, -0.2) is 24.4 Å². The van der Waals surface area contributed by atoms with E-state index in [2.05, 4.69) is 22.3 Å². The van der Waals surface area contributed by atoms with E-state index in [0.717, 1.165) is 29.9 Å². The van der Waals surface area contributed by atoms with Crippen LogP contribution in [0.15, 0.2) is 69.9 Å². The van der Waals surface area contributed by atoms with Gasteiger partial charge in [-0.2, -0.15) is 10.2 Å². The molecule has 1 aliphatic rings. The monoisotopic (exact) mass is 306 g/mol. The van der Waals surface area contributed by atoms with Crippen molar-refractivity contribution in [1.29, 1.82) is 0 Å². The van der Waals surface area contributed by atoms with Crippen LogP contribution in [0.4, 0.5) is 5.69 Å². The molecule has 2 aromatic rings. The summed E-state index contributed by atoms with van der Waals surface area (Å²) in [5.41, 5.74) is 14.7. The van der Waals surface area contributed by atoms with E-state index in [1.807, 2.05) is 47.5 Å². The average Bonchev–Trinajstić information content (AvgIpc) is 3.06. The molecule has 0 atom stereocenters. The van der Waals surface area contributed by atoms with Gasteiger partial charge < -0.3 is 11.5 Å². The fourth-order valence-corrected chi connectivity index (χ4v) is 2.37. The van der Waals surface area contributed by atoms with Gasteiger partial charge in [-0.05, 0) is 23.3 Å². The number of hydrogen-bond donors (Lipinski definition) is 2. The highest BCUT2D eigenvalue weighted by Crippen LogP contribution is 2.21. The third kappa shape index (κ3) is 3.74. The Kier molecular flexibility index (Phi) is 4.33. The Balaban J connectivity index is 1.72. The van der Waals surface area contributed by atoms with Crippen LogP contribution < -0.4 is 16.5 Å². The second-order valence-corrected chi connectivity index (χ2v) is 5.15. The van der Waals surface area contributed by atoms with Crippen molar-refractivity contribution in [1.82, 2.24) is 0 Å². The van der Waals surface area contributed by atoms with E-state index in [-0.39, 0.29) is 5.96 Å². The molecule has 0 spiro atoms. The lowest BCUT2D eigenvalue weighted by atomic mass is 10.1. The van der Waals surface area contributed by atoms with Crippen LogP contribution in [0.25, 0.3) is 0 Å². The fourth-order valence-electron chi connectivity index (χ4n) is 2.37. The summed E-state index contributed by atoms with van der Waals surface area (Å²) in [7, 11) is 0. The number of anilines is 1. The van der Waals surface area contributed by atoms with Gasteiger partial charge in [0, 0.05) is 13.0 Å². The maximum Gasteiger partial charge on any atom is 0.211 e. The van der Waals surface area contributed by atoms with Crippen LogP contribution >= 0.6 is 0 Å². The van der Waals surface area contributed by atoms with Gasteiger partial charge in [0.15, 0.2) is 0 Å². The maximum atomic E-state index is 5.22. The molecular formula is C17H18N6. The van der Waals surface area contributed by atoms with Crippen molar-refractivity contribution in [2.24, 2.45) is 26.8 Å². The molecule has 6 nitrogen and oxygen atoms in total. The SMILES string of the molecule is NC(N)=N/N=C\c1ccc(N2CCC(c3ccccc3)=N2)cc1. The first kappa shape index (κ1) is 14.8. The lowest BCUT2D eigenvalue weighted by Crippen LogP contribution is -2.21. The predicted octanol–water partition coefficient (Wildman–Crippen LogP) is 1.91. The largest absolute Gasteiger partial charge is 0.369 e. The van der Waals surface area contributed by atoms with Crippen molar-refractivity contribution in [3.63, 3.8) is 0 Å². The molecule has 0 bridgehead atoms. The van der Waals surface area contributed by atoms with Crippen molar-refractivity contribution < 1.29 is 0 Å². The maximum absolute atomic E-state index is 5.22. The van der Waals surface area contributed by atoms with Crippen LogP contribution in [0.5, 0.6) is 0 Å². The summed E-state index contributed by atoms with van der Waals surface area (Å²) >= 11 is 0. The minimum absolute atomic E-state index is 0.0577. The van der Waals surface area contributed by atoms with E-state index in [0.29, 0.717) is 0 Å². The quantitative estimate of drug-likeness (QED) is 0.513. The van der Waals surface area contributed by atoms with Gasteiger partial charge in [-0.25, -0.2) is 0 Å². The van der Waals surface area contributed by atoms with Crippen molar-refractivity contribution in [2.75, 3.05) is 11.6 Å². The van der Waals surface area contributed by atoms with Crippen LogP contribution in [0.2, 0.25) is 0 Å². The van der Waals surface area contributed by atoms with Crippen molar-refractivity contribution in [3.8, 4) is 0 Å². The third-order valence-corrected chi connectivity index (χ3v) is 3.48. The van der Waals surface area contributed by atoms with Gasteiger partial charge in [0.2, 0.25) is 5.96 Å². The summed E-state index contributed by atoms with van der Waals surface area (Å²) in [5, 5.41) is 14.1. The molecule has 0 aromatic heterocycles. The Hall–Kier alpha value is -3.15. The second-order valence-electron chi connectivity index (χ2n) is 5.15. The topological polar surface area (TPSA) is 92.4 Å². The molecule has 116 valence electrons. The molecule has 1 aliphatic heterocycles. The molecule has 23 heavy (non-hydrogen) atoms. The Labute approximate surface area is 134 Å². The minimum atomic E-state index is -0.0577. The molecule has 0 unspecified atom stereocenters. The lowest BCUT2D eigenvalue weighted by Gasteiger charge is -2.13. The number of hydrazone groups is 1. The molecule has 2 aromatic carbocycles. The summed E-state index contributed by atoms with van der Waals surface area (Å²) in [4.78, 5) is 0. The van der Waals surface area contributed by atoms with Gasteiger partial charge in [0.1, 0.15) is 0 Å². The van der Waals surface area contributed by atoms with Crippen LogP contribution in [0.1, 0.15) is 17.5 Å². The van der Waals surface area contributed by atoms with Crippen LogP contribution in [-0.2, 0) is 0 Å². The molecular weight excluding hydrogens is 288 g/mol. The first-order valence-electron chi connectivity index (χ1n) is 7.35. The zero-order valence-electron chi connectivity index (χ0n) is 12.6. The molecule has 0 saturated carbocycles. The Morgan fingerprint density at radius 1 is 1.04 bits per heavy atom. The molecule has 0 fully saturated rings. The molecule has 0 saturated heterocycles. The molecule has 0 aliphatic carbocycles. The van der Waals surface area contributed by atoms with E-state index in [1.54, 1.807) is 6.21 Å². The lowest BCUT2D eigenvalue weighted by molar-refractivity contribution is 0.922. The first-order chi connectivity index (χ1) is 11.2. The Morgan fingerprint density at radius 3 is 2.48 bits per heavy atom. The van der Waals surface area contributed by atoms with Gasteiger partial charge in [-0.1, -0.05) is 42.5 Å². The zero-order chi connectivity index (χ0) is 16.1. The Morgan fingerprint density at radius 2 is 1.78 bits per heavy atom. The van der Waals surface area contributed by atoms with Crippen LogP contribution in [0, 0.1) is 0 Å². The summed E-state index contributed by atoms with van der Waals surface area (Å²) in [6, 6.07) is 18.2. The zero-order valence-corrected chi connectivity index (χ0v) is 12.6. The standard InChI is InChI=1S/C17H18N6/c18-17(19)21-20-12-13-6-8-15(9-7-13)23-11-10-16(22-23)14-4-2-1-3-5-14/h1-9,12H,10-11H2,(H4,18,19,21)/b20-12-. The Bertz CT molecular complexity index is 742. The average molecular weight is 306 g/mol. The number of nitrogens with zero attached hydrogens (tertiary/aromatic N) is 4. The number of hydrogen-bond acceptors (Lipinski definition) is 4. The van der Waals surface area contributed by atoms with Crippen molar-refractivity contribution in [2.45, 2.75) is 6.42 Å². The number of rotatable bonds is 4. The van der Waals surface area contributed by atoms with E-state index >= 15 is 0 Å². The predicted molar refractivity (Wildman–Crippen MR) is 94.8 cm³/mol. The minimum Gasteiger partial charge on any atom is -0.369 e.